The van der Waals surface area contributed by atoms with Crippen molar-refractivity contribution in [3.63, 3.8) is 0 Å². The minimum absolute atomic E-state index is 0.00762. The Hall–Kier alpha value is -1.06. The van der Waals surface area contributed by atoms with Crippen molar-refractivity contribution in [1.29, 1.82) is 0 Å². The highest BCUT2D eigenvalue weighted by molar-refractivity contribution is 5.45. The van der Waals surface area contributed by atoms with Crippen LogP contribution in [0.2, 0.25) is 0 Å². The Bertz CT molecular complexity index is 436. The Morgan fingerprint density at radius 3 is 2.50 bits per heavy atom. The van der Waals surface area contributed by atoms with Gasteiger partial charge in [0.25, 0.3) is 0 Å². The van der Waals surface area contributed by atoms with Gasteiger partial charge in [-0.05, 0) is 24.9 Å². The number of hydrogen-bond donors (Lipinski definition) is 1. The predicted molar refractivity (Wildman–Crippen MR) is 73.1 cm³/mol. The maximum atomic E-state index is 5.97. The number of aryl methyl sites for hydroxylation is 1. The number of hydrogen-bond acceptors (Lipinski definition) is 3. The first kappa shape index (κ1) is 13.4. The maximum Gasteiger partial charge on any atom is 0.122 e. The van der Waals surface area contributed by atoms with E-state index < -0.39 is 0 Å². The fraction of sp³-hybridized carbons (Fsp3) is 0.600. The summed E-state index contributed by atoms with van der Waals surface area (Å²) in [7, 11) is 1.72. The smallest absolute Gasteiger partial charge is 0.122 e. The third-order valence-electron chi connectivity index (χ3n) is 4.37. The van der Waals surface area contributed by atoms with Gasteiger partial charge in [0.15, 0.2) is 0 Å². The average molecular weight is 249 g/mol. The molecule has 0 unspecified atom stereocenters. The van der Waals surface area contributed by atoms with E-state index in [-0.39, 0.29) is 10.8 Å². The Kier molecular flexibility index (Phi) is 3.39. The highest BCUT2D eigenvalue weighted by atomic mass is 16.5. The fourth-order valence-electron chi connectivity index (χ4n) is 2.61. The molecule has 0 aliphatic carbocycles. The van der Waals surface area contributed by atoms with E-state index in [4.69, 9.17) is 15.2 Å². The fourth-order valence-corrected chi connectivity index (χ4v) is 2.61. The molecule has 0 atom stereocenters. The van der Waals surface area contributed by atoms with Gasteiger partial charge in [0.05, 0.1) is 25.7 Å². The summed E-state index contributed by atoms with van der Waals surface area (Å²) in [5, 5.41) is 0. The molecule has 1 aliphatic heterocycles. The van der Waals surface area contributed by atoms with Crippen LogP contribution in [0.5, 0.6) is 5.75 Å². The molecule has 1 fully saturated rings. The van der Waals surface area contributed by atoms with E-state index in [1.54, 1.807) is 7.11 Å². The van der Waals surface area contributed by atoms with E-state index in [0.717, 1.165) is 19.0 Å². The van der Waals surface area contributed by atoms with Gasteiger partial charge in [-0.3, -0.25) is 0 Å². The summed E-state index contributed by atoms with van der Waals surface area (Å²) in [5.41, 5.74) is 8.41. The Labute approximate surface area is 109 Å². The van der Waals surface area contributed by atoms with Gasteiger partial charge < -0.3 is 15.2 Å². The number of nitrogens with two attached hydrogens (primary N) is 1. The lowest BCUT2D eigenvalue weighted by Crippen LogP contribution is -2.59. The van der Waals surface area contributed by atoms with Crippen molar-refractivity contribution in [3.05, 3.63) is 29.3 Å². The number of rotatable bonds is 4. The molecular weight excluding hydrogens is 226 g/mol. The van der Waals surface area contributed by atoms with Crippen LogP contribution < -0.4 is 10.5 Å². The van der Waals surface area contributed by atoms with Crippen molar-refractivity contribution in [2.24, 2.45) is 11.1 Å². The summed E-state index contributed by atoms with van der Waals surface area (Å²) in [6.45, 7) is 8.58. The van der Waals surface area contributed by atoms with Gasteiger partial charge in [0.1, 0.15) is 5.75 Å². The van der Waals surface area contributed by atoms with Crippen LogP contribution in [0.1, 0.15) is 25.0 Å². The molecule has 2 N–H and O–H groups in total. The predicted octanol–water partition coefficient (Wildman–Crippen LogP) is 2.26. The van der Waals surface area contributed by atoms with E-state index in [9.17, 15) is 0 Å². The second kappa shape index (κ2) is 4.56. The molecule has 0 aromatic heterocycles. The molecule has 0 radical (unpaired) electrons. The minimum atomic E-state index is -0.0287. The lowest BCUT2D eigenvalue weighted by atomic mass is 9.60. The SMILES string of the molecule is COc1ccc(C)cc1C1(C(C)(C)CN)COC1. The molecule has 100 valence electrons. The molecule has 3 heteroatoms. The lowest BCUT2D eigenvalue weighted by molar-refractivity contribution is -0.117. The van der Waals surface area contributed by atoms with Gasteiger partial charge in [0, 0.05) is 5.56 Å². The molecular formula is C15H23NO2. The van der Waals surface area contributed by atoms with Crippen LogP contribution in [-0.4, -0.2) is 26.9 Å². The summed E-state index contributed by atoms with van der Waals surface area (Å²) < 4.78 is 11.0. The zero-order valence-electron chi connectivity index (χ0n) is 11.7. The molecule has 0 amide bonds. The Morgan fingerprint density at radius 1 is 1.39 bits per heavy atom. The van der Waals surface area contributed by atoms with Gasteiger partial charge in [-0.25, -0.2) is 0 Å². The largest absolute Gasteiger partial charge is 0.496 e. The van der Waals surface area contributed by atoms with Crippen LogP contribution in [0.3, 0.4) is 0 Å². The van der Waals surface area contributed by atoms with Crippen molar-refractivity contribution in [2.45, 2.75) is 26.2 Å². The first-order valence-corrected chi connectivity index (χ1v) is 6.40. The zero-order chi connectivity index (χ0) is 13.4. The first-order valence-electron chi connectivity index (χ1n) is 6.40. The molecule has 1 saturated heterocycles. The van der Waals surface area contributed by atoms with E-state index >= 15 is 0 Å². The van der Waals surface area contributed by atoms with Crippen LogP contribution in [0, 0.1) is 12.3 Å². The molecule has 0 spiro atoms. The topological polar surface area (TPSA) is 44.5 Å². The Morgan fingerprint density at radius 2 is 2.06 bits per heavy atom. The second-order valence-corrected chi connectivity index (χ2v) is 5.87. The minimum Gasteiger partial charge on any atom is -0.496 e. The molecule has 1 aliphatic rings. The number of ether oxygens (including phenoxy) is 2. The van der Waals surface area contributed by atoms with Crippen LogP contribution in [-0.2, 0) is 10.2 Å². The maximum absolute atomic E-state index is 5.97. The van der Waals surface area contributed by atoms with Crippen LogP contribution in [0.4, 0.5) is 0 Å². The van der Waals surface area contributed by atoms with Gasteiger partial charge in [0.2, 0.25) is 0 Å². The lowest BCUT2D eigenvalue weighted by Gasteiger charge is -2.52. The van der Waals surface area contributed by atoms with Crippen LogP contribution in [0.25, 0.3) is 0 Å². The van der Waals surface area contributed by atoms with Gasteiger partial charge in [-0.1, -0.05) is 31.5 Å². The molecule has 2 rings (SSSR count). The van der Waals surface area contributed by atoms with Crippen molar-refractivity contribution in [2.75, 3.05) is 26.9 Å². The van der Waals surface area contributed by atoms with E-state index in [0.29, 0.717) is 6.54 Å². The average Bonchev–Trinajstić information content (AvgIpc) is 2.27. The molecule has 1 aromatic carbocycles. The summed E-state index contributed by atoms with van der Waals surface area (Å²) in [6, 6.07) is 6.32. The second-order valence-electron chi connectivity index (χ2n) is 5.87. The van der Waals surface area contributed by atoms with E-state index in [1.807, 2.05) is 6.07 Å². The van der Waals surface area contributed by atoms with Crippen molar-refractivity contribution in [1.82, 2.24) is 0 Å². The highest BCUT2D eigenvalue weighted by Crippen LogP contribution is 2.49. The third-order valence-corrected chi connectivity index (χ3v) is 4.37. The summed E-state index contributed by atoms with van der Waals surface area (Å²) in [4.78, 5) is 0. The van der Waals surface area contributed by atoms with Crippen molar-refractivity contribution in [3.8, 4) is 5.75 Å². The van der Waals surface area contributed by atoms with Crippen molar-refractivity contribution < 1.29 is 9.47 Å². The molecule has 0 bridgehead atoms. The van der Waals surface area contributed by atoms with Crippen LogP contribution >= 0.6 is 0 Å². The van der Waals surface area contributed by atoms with Gasteiger partial charge in [-0.2, -0.15) is 0 Å². The molecule has 1 aromatic rings. The van der Waals surface area contributed by atoms with Crippen LogP contribution in [0.15, 0.2) is 18.2 Å². The zero-order valence-corrected chi connectivity index (χ0v) is 11.7. The summed E-state index contributed by atoms with van der Waals surface area (Å²) in [5.74, 6) is 0.936. The number of methoxy groups -OCH3 is 1. The molecule has 1 heterocycles. The molecule has 18 heavy (non-hydrogen) atoms. The highest BCUT2D eigenvalue weighted by Gasteiger charge is 2.52. The van der Waals surface area contributed by atoms with Gasteiger partial charge in [-0.15, -0.1) is 0 Å². The third kappa shape index (κ3) is 1.82. The quantitative estimate of drug-likeness (QED) is 0.890. The monoisotopic (exact) mass is 249 g/mol. The van der Waals surface area contributed by atoms with Gasteiger partial charge >= 0.3 is 0 Å². The summed E-state index contributed by atoms with van der Waals surface area (Å²) >= 11 is 0. The molecule has 0 saturated carbocycles. The first-order chi connectivity index (χ1) is 8.47. The molecule has 3 nitrogen and oxygen atoms in total. The van der Waals surface area contributed by atoms with Crippen molar-refractivity contribution >= 4 is 0 Å². The standard InChI is InChI=1S/C15H23NO2/c1-11-5-6-13(17-4)12(7-11)15(9-18-10-15)14(2,3)8-16/h5-7H,8-10,16H2,1-4H3. The number of benzene rings is 1. The van der Waals surface area contributed by atoms with E-state index in [1.165, 1.54) is 11.1 Å². The normalized spacial score (nSPS) is 18.3. The Balaban J connectivity index is 2.54. The van der Waals surface area contributed by atoms with E-state index in [2.05, 4.69) is 32.9 Å². The summed E-state index contributed by atoms with van der Waals surface area (Å²) in [6.07, 6.45) is 0.